The largest absolute Gasteiger partial charge is 0.415 e. The van der Waals surface area contributed by atoms with Gasteiger partial charge in [-0.3, -0.25) is 10.1 Å². The molecular weight excluding hydrogens is 370 g/mol. The molecule has 0 aliphatic carbocycles. The molecule has 0 fully saturated rings. The minimum Gasteiger partial charge on any atom is -0.415 e. The highest BCUT2D eigenvalue weighted by Crippen LogP contribution is 2.36. The number of aromatic nitrogens is 2. The summed E-state index contributed by atoms with van der Waals surface area (Å²) in [7, 11) is -1.76. The van der Waals surface area contributed by atoms with Crippen molar-refractivity contribution in [3.05, 3.63) is 35.5 Å². The Bertz CT molecular complexity index is 840. The summed E-state index contributed by atoms with van der Waals surface area (Å²) in [4.78, 5) is 11.5. The van der Waals surface area contributed by atoms with Gasteiger partial charge in [0.1, 0.15) is 0 Å². The summed E-state index contributed by atoms with van der Waals surface area (Å²) in [5.41, 5.74) is 6.60. The van der Waals surface area contributed by atoms with Gasteiger partial charge in [-0.15, -0.1) is 0 Å². The van der Waals surface area contributed by atoms with Crippen LogP contribution in [0.25, 0.3) is 11.3 Å². The molecule has 0 spiro atoms. The zero-order valence-corrected chi connectivity index (χ0v) is 19.0. The van der Waals surface area contributed by atoms with Gasteiger partial charge in [-0.25, -0.2) is 10.6 Å². The number of nitrogens with two attached hydrogens (primary N) is 1. The molecule has 8 heteroatoms. The Balaban J connectivity index is 2.14. The maximum Gasteiger partial charge on any atom is 0.333 e. The number of amides is 2. The number of nitrogens with one attached hydrogen (secondary N) is 2. The molecule has 28 heavy (non-hydrogen) atoms. The van der Waals surface area contributed by atoms with Crippen molar-refractivity contribution >= 4 is 20.0 Å². The molecule has 1 heterocycles. The molecule has 1 aromatic carbocycles. The van der Waals surface area contributed by atoms with Crippen molar-refractivity contribution in [2.45, 2.75) is 59.3 Å². The van der Waals surface area contributed by atoms with Crippen LogP contribution in [-0.4, -0.2) is 30.7 Å². The lowest BCUT2D eigenvalue weighted by molar-refractivity contribution is 0.252. The first-order chi connectivity index (χ1) is 12.9. The number of benzene rings is 1. The van der Waals surface area contributed by atoms with Crippen LogP contribution in [0, 0.1) is 13.8 Å². The number of hydrogen-bond donors (Lipinski definition) is 3. The van der Waals surface area contributed by atoms with Gasteiger partial charge in [0.25, 0.3) is 0 Å². The van der Waals surface area contributed by atoms with E-state index in [1.54, 1.807) is 0 Å². The molecule has 7 nitrogen and oxygen atoms in total. The van der Waals surface area contributed by atoms with Gasteiger partial charge in [-0.2, -0.15) is 5.10 Å². The molecule has 2 rings (SSSR count). The van der Waals surface area contributed by atoms with Crippen molar-refractivity contribution < 1.29 is 9.22 Å². The first kappa shape index (κ1) is 22.1. The van der Waals surface area contributed by atoms with Crippen molar-refractivity contribution in [2.24, 2.45) is 5.84 Å². The van der Waals surface area contributed by atoms with Gasteiger partial charge in [0.05, 0.1) is 18.8 Å². The first-order valence-electron chi connectivity index (χ1n) is 9.51. The standard InChI is InChI=1S/C20H33N5O2Si/c1-14-8-9-16(13-17(14)22-19(26)23-21)18-12-15(2)25(24-18)10-11-27-28(6,7)20(3,4)5/h8-9,12-13H,10-11,21H2,1-7H3,(H2,22,23,26). The lowest BCUT2D eigenvalue weighted by atomic mass is 10.1. The van der Waals surface area contributed by atoms with Gasteiger partial charge in [0.2, 0.25) is 0 Å². The van der Waals surface area contributed by atoms with Crippen LogP contribution in [0.15, 0.2) is 24.3 Å². The van der Waals surface area contributed by atoms with Gasteiger partial charge in [0, 0.05) is 16.9 Å². The second-order valence-corrected chi connectivity index (χ2v) is 13.4. The third kappa shape index (κ3) is 5.21. The number of rotatable bonds is 6. The Morgan fingerprint density at radius 2 is 1.93 bits per heavy atom. The number of carbonyl (C=O) groups is 1. The normalized spacial score (nSPS) is 12.1. The van der Waals surface area contributed by atoms with E-state index in [0.717, 1.165) is 22.5 Å². The van der Waals surface area contributed by atoms with E-state index in [-0.39, 0.29) is 5.04 Å². The van der Waals surface area contributed by atoms with Crippen LogP contribution in [0.2, 0.25) is 18.1 Å². The topological polar surface area (TPSA) is 94.2 Å². The minimum atomic E-state index is -1.76. The summed E-state index contributed by atoms with van der Waals surface area (Å²) in [5, 5.41) is 7.66. The number of anilines is 1. The molecule has 0 saturated carbocycles. The lowest BCUT2D eigenvalue weighted by Gasteiger charge is -2.36. The SMILES string of the molecule is Cc1ccc(-c2cc(C)n(CCO[Si](C)(C)C(C)(C)C)n2)cc1NC(=O)NN. The number of aryl methyl sites for hydroxylation is 2. The van der Waals surface area contributed by atoms with Crippen LogP contribution in [0.3, 0.4) is 0 Å². The lowest BCUT2D eigenvalue weighted by Crippen LogP contribution is -2.41. The molecule has 0 saturated heterocycles. The van der Waals surface area contributed by atoms with Crippen LogP contribution < -0.4 is 16.6 Å². The molecule has 0 aliphatic rings. The maximum absolute atomic E-state index is 11.5. The third-order valence-corrected chi connectivity index (χ3v) is 10.0. The van der Waals surface area contributed by atoms with E-state index in [0.29, 0.717) is 18.8 Å². The second kappa shape index (κ2) is 8.46. The summed E-state index contributed by atoms with van der Waals surface area (Å²) in [6, 6.07) is 7.45. The van der Waals surface area contributed by atoms with Gasteiger partial charge in [-0.1, -0.05) is 32.9 Å². The minimum absolute atomic E-state index is 0.193. The summed E-state index contributed by atoms with van der Waals surface area (Å²) in [5.74, 6) is 5.16. The monoisotopic (exact) mass is 403 g/mol. The molecule has 0 radical (unpaired) electrons. The van der Waals surface area contributed by atoms with Crippen molar-refractivity contribution in [3.8, 4) is 11.3 Å². The highest BCUT2D eigenvalue weighted by Gasteiger charge is 2.36. The van der Waals surface area contributed by atoms with Gasteiger partial charge >= 0.3 is 6.03 Å². The van der Waals surface area contributed by atoms with Crippen molar-refractivity contribution in [1.29, 1.82) is 0 Å². The van der Waals surface area contributed by atoms with E-state index in [2.05, 4.69) is 44.6 Å². The summed E-state index contributed by atoms with van der Waals surface area (Å²) < 4.78 is 8.24. The van der Waals surface area contributed by atoms with E-state index in [4.69, 9.17) is 15.4 Å². The fraction of sp³-hybridized carbons (Fsp3) is 0.500. The number of carbonyl (C=O) groups excluding carboxylic acids is 1. The maximum atomic E-state index is 11.5. The van der Waals surface area contributed by atoms with Crippen LogP contribution in [-0.2, 0) is 11.0 Å². The van der Waals surface area contributed by atoms with Crippen LogP contribution in [0.4, 0.5) is 10.5 Å². The van der Waals surface area contributed by atoms with Crippen LogP contribution >= 0.6 is 0 Å². The average molecular weight is 404 g/mol. The van der Waals surface area contributed by atoms with E-state index in [9.17, 15) is 4.79 Å². The molecule has 2 amide bonds. The fourth-order valence-corrected chi connectivity index (χ4v) is 3.59. The molecule has 0 aliphatic heterocycles. The number of nitrogens with zero attached hydrogens (tertiary/aromatic N) is 2. The molecule has 1 aromatic heterocycles. The highest BCUT2D eigenvalue weighted by atomic mass is 28.4. The number of hydrazine groups is 1. The predicted octanol–water partition coefficient (Wildman–Crippen LogP) is 4.18. The van der Waals surface area contributed by atoms with Crippen LogP contribution in [0.5, 0.6) is 0 Å². The predicted molar refractivity (Wildman–Crippen MR) is 117 cm³/mol. The Kier molecular flexibility index (Phi) is 6.69. The van der Waals surface area contributed by atoms with Crippen LogP contribution in [0.1, 0.15) is 32.0 Å². The first-order valence-corrected chi connectivity index (χ1v) is 12.4. The molecule has 0 unspecified atom stereocenters. The number of urea groups is 1. The molecule has 154 valence electrons. The Hall–Kier alpha value is -2.16. The molecule has 4 N–H and O–H groups in total. The fourth-order valence-electron chi connectivity index (χ4n) is 2.56. The van der Waals surface area contributed by atoms with Crippen molar-refractivity contribution in [1.82, 2.24) is 15.2 Å². The average Bonchev–Trinajstić information content (AvgIpc) is 2.96. The van der Waals surface area contributed by atoms with E-state index in [1.165, 1.54) is 0 Å². The smallest absolute Gasteiger partial charge is 0.333 e. The zero-order valence-electron chi connectivity index (χ0n) is 18.0. The molecule has 0 bridgehead atoms. The van der Waals surface area contributed by atoms with Gasteiger partial charge in [0.15, 0.2) is 8.32 Å². The van der Waals surface area contributed by atoms with E-state index in [1.807, 2.05) is 42.8 Å². The van der Waals surface area contributed by atoms with Crippen molar-refractivity contribution in [3.63, 3.8) is 0 Å². The second-order valence-electron chi connectivity index (χ2n) is 8.63. The van der Waals surface area contributed by atoms with E-state index < -0.39 is 14.3 Å². The number of hydrogen-bond acceptors (Lipinski definition) is 4. The summed E-state index contributed by atoms with van der Waals surface area (Å²) in [6.07, 6.45) is 0. The molecule has 2 aromatic rings. The summed E-state index contributed by atoms with van der Waals surface area (Å²) in [6.45, 7) is 16.6. The van der Waals surface area contributed by atoms with Gasteiger partial charge in [-0.05, 0) is 49.7 Å². The highest BCUT2D eigenvalue weighted by molar-refractivity contribution is 6.74. The Morgan fingerprint density at radius 3 is 2.54 bits per heavy atom. The summed E-state index contributed by atoms with van der Waals surface area (Å²) >= 11 is 0. The molecule has 0 atom stereocenters. The quantitative estimate of drug-likeness (QED) is 0.292. The Labute approximate surface area is 168 Å². The van der Waals surface area contributed by atoms with Gasteiger partial charge < -0.3 is 9.74 Å². The Morgan fingerprint density at radius 1 is 1.25 bits per heavy atom. The van der Waals surface area contributed by atoms with E-state index >= 15 is 0 Å². The molecular formula is C20H33N5O2Si. The zero-order chi connectivity index (χ0) is 21.1. The third-order valence-electron chi connectivity index (χ3n) is 5.47. The van der Waals surface area contributed by atoms with Crippen molar-refractivity contribution in [2.75, 3.05) is 11.9 Å².